The smallest absolute Gasteiger partial charge is 0.255 e. The van der Waals surface area contributed by atoms with Crippen molar-refractivity contribution in [3.05, 3.63) is 17.0 Å². The summed E-state index contributed by atoms with van der Waals surface area (Å²) in [6.07, 6.45) is 2.82. The largest absolute Gasteiger partial charge is 0.359 e. The summed E-state index contributed by atoms with van der Waals surface area (Å²) in [5.41, 5.74) is 0.950. The van der Waals surface area contributed by atoms with Crippen LogP contribution in [0.2, 0.25) is 5.15 Å². The Labute approximate surface area is 111 Å². The monoisotopic (exact) mass is 265 g/mol. The van der Waals surface area contributed by atoms with Gasteiger partial charge in [0.25, 0.3) is 5.78 Å². The molecule has 3 rings (SSSR count). The van der Waals surface area contributed by atoms with E-state index in [1.54, 1.807) is 4.52 Å². The Morgan fingerprint density at radius 2 is 2.28 bits per heavy atom. The molecule has 2 heterocycles. The quantitative estimate of drug-likeness (QED) is 0.798. The van der Waals surface area contributed by atoms with Crippen LogP contribution in [0.3, 0.4) is 0 Å². The van der Waals surface area contributed by atoms with Crippen LogP contribution in [-0.2, 0) is 0 Å². The van der Waals surface area contributed by atoms with Crippen molar-refractivity contribution >= 4 is 23.2 Å². The third-order valence-corrected chi connectivity index (χ3v) is 4.09. The first kappa shape index (κ1) is 11.7. The molecule has 0 amide bonds. The van der Waals surface area contributed by atoms with Crippen LogP contribution < -0.4 is 4.90 Å². The zero-order chi connectivity index (χ0) is 12.9. The highest BCUT2D eigenvalue weighted by Crippen LogP contribution is 2.39. The molecule has 0 spiro atoms. The summed E-state index contributed by atoms with van der Waals surface area (Å²) < 4.78 is 1.76. The van der Waals surface area contributed by atoms with Gasteiger partial charge in [-0.25, -0.2) is 0 Å². The lowest BCUT2D eigenvalue weighted by atomic mass is 10.3. The van der Waals surface area contributed by atoms with E-state index in [0.29, 0.717) is 10.9 Å². The Bertz CT molecular complexity index is 593. The van der Waals surface area contributed by atoms with Crippen molar-refractivity contribution in [2.45, 2.75) is 20.3 Å². The predicted octanol–water partition coefficient (Wildman–Crippen LogP) is 2.18. The zero-order valence-electron chi connectivity index (χ0n) is 10.8. The summed E-state index contributed by atoms with van der Waals surface area (Å²) in [6, 6.07) is 0. The summed E-state index contributed by atoms with van der Waals surface area (Å²) in [5, 5.41) is 4.73. The Balaban J connectivity index is 2.03. The van der Waals surface area contributed by atoms with E-state index in [4.69, 9.17) is 11.6 Å². The fourth-order valence-corrected chi connectivity index (χ4v) is 2.58. The van der Waals surface area contributed by atoms with Gasteiger partial charge >= 0.3 is 0 Å². The molecule has 1 fully saturated rings. The number of anilines is 1. The summed E-state index contributed by atoms with van der Waals surface area (Å²) in [4.78, 5) is 10.5. The fraction of sp³-hybridized carbons (Fsp3) is 0.583. The molecule has 96 valence electrons. The number of fused-ring (bicyclic) bond motifs is 1. The number of halogens is 1. The van der Waals surface area contributed by atoms with Crippen molar-refractivity contribution in [3.8, 4) is 0 Å². The molecule has 6 heteroatoms. The average Bonchev–Trinajstić information content (AvgIpc) is 2.82. The topological polar surface area (TPSA) is 46.3 Å². The SMILES string of the molecule is Cc1c(Cl)nc2ncnn2c1N(C)CC1CC1C. The van der Waals surface area contributed by atoms with Gasteiger partial charge in [0.15, 0.2) is 0 Å². The van der Waals surface area contributed by atoms with Crippen LogP contribution in [0.1, 0.15) is 18.9 Å². The molecule has 1 aliphatic rings. The first-order valence-corrected chi connectivity index (χ1v) is 6.52. The molecule has 2 unspecified atom stereocenters. The van der Waals surface area contributed by atoms with E-state index in [2.05, 4.69) is 33.9 Å². The standard InChI is InChI=1S/C12H16ClN5/c1-7-4-9(7)5-17(3)11-8(2)10(13)16-12-14-6-15-18(11)12/h6-7,9H,4-5H2,1-3H3. The van der Waals surface area contributed by atoms with Crippen molar-refractivity contribution in [2.24, 2.45) is 11.8 Å². The highest BCUT2D eigenvalue weighted by atomic mass is 35.5. The van der Waals surface area contributed by atoms with E-state index in [1.807, 2.05) is 6.92 Å². The second kappa shape index (κ2) is 4.09. The van der Waals surface area contributed by atoms with Crippen LogP contribution in [0, 0.1) is 18.8 Å². The average molecular weight is 266 g/mol. The number of aromatic nitrogens is 4. The van der Waals surface area contributed by atoms with E-state index in [-0.39, 0.29) is 0 Å². The number of nitrogens with zero attached hydrogens (tertiary/aromatic N) is 5. The molecule has 2 aromatic rings. The van der Waals surface area contributed by atoms with Gasteiger partial charge < -0.3 is 4.90 Å². The molecule has 2 atom stereocenters. The molecule has 2 aromatic heterocycles. The van der Waals surface area contributed by atoms with E-state index in [1.165, 1.54) is 12.7 Å². The lowest BCUT2D eigenvalue weighted by Crippen LogP contribution is -2.24. The van der Waals surface area contributed by atoms with Crippen LogP contribution in [0.15, 0.2) is 6.33 Å². The minimum atomic E-state index is 0.501. The minimum Gasteiger partial charge on any atom is -0.359 e. The van der Waals surface area contributed by atoms with Gasteiger partial charge in [0, 0.05) is 19.2 Å². The van der Waals surface area contributed by atoms with Crippen molar-refractivity contribution in [1.29, 1.82) is 0 Å². The van der Waals surface area contributed by atoms with E-state index < -0.39 is 0 Å². The lowest BCUT2D eigenvalue weighted by molar-refractivity contribution is 0.706. The minimum absolute atomic E-state index is 0.501. The van der Waals surface area contributed by atoms with Crippen LogP contribution >= 0.6 is 11.6 Å². The van der Waals surface area contributed by atoms with Crippen molar-refractivity contribution in [1.82, 2.24) is 19.6 Å². The molecule has 0 aliphatic heterocycles. The molecule has 0 N–H and O–H groups in total. The summed E-state index contributed by atoms with van der Waals surface area (Å²) in [5.74, 6) is 3.15. The second-order valence-electron chi connectivity index (χ2n) is 5.18. The Morgan fingerprint density at radius 3 is 2.94 bits per heavy atom. The van der Waals surface area contributed by atoms with Crippen molar-refractivity contribution in [2.75, 3.05) is 18.5 Å². The summed E-state index contributed by atoms with van der Waals surface area (Å²) >= 11 is 6.16. The number of hydrogen-bond donors (Lipinski definition) is 0. The van der Waals surface area contributed by atoms with Gasteiger partial charge in [-0.15, -0.1) is 0 Å². The normalized spacial score (nSPS) is 22.4. The third-order valence-electron chi connectivity index (χ3n) is 3.72. The summed E-state index contributed by atoms with van der Waals surface area (Å²) in [7, 11) is 2.07. The molecular weight excluding hydrogens is 250 g/mol. The first-order chi connectivity index (χ1) is 8.58. The Morgan fingerprint density at radius 1 is 1.56 bits per heavy atom. The maximum Gasteiger partial charge on any atom is 0.255 e. The van der Waals surface area contributed by atoms with E-state index >= 15 is 0 Å². The predicted molar refractivity (Wildman–Crippen MR) is 71.1 cm³/mol. The molecule has 5 nitrogen and oxygen atoms in total. The maximum absolute atomic E-state index is 6.16. The molecule has 1 aliphatic carbocycles. The highest BCUT2D eigenvalue weighted by molar-refractivity contribution is 6.30. The van der Waals surface area contributed by atoms with E-state index in [0.717, 1.165) is 29.8 Å². The van der Waals surface area contributed by atoms with Gasteiger partial charge in [0.05, 0.1) is 0 Å². The van der Waals surface area contributed by atoms with Crippen LogP contribution in [0.4, 0.5) is 5.82 Å². The van der Waals surface area contributed by atoms with Crippen molar-refractivity contribution < 1.29 is 0 Å². The van der Waals surface area contributed by atoms with Crippen LogP contribution in [0.5, 0.6) is 0 Å². The van der Waals surface area contributed by atoms with Gasteiger partial charge in [-0.2, -0.15) is 19.6 Å². The molecule has 0 saturated heterocycles. The van der Waals surface area contributed by atoms with Crippen LogP contribution in [-0.4, -0.2) is 33.2 Å². The van der Waals surface area contributed by atoms with Gasteiger partial charge in [-0.05, 0) is 25.2 Å². The lowest BCUT2D eigenvalue weighted by Gasteiger charge is -2.22. The van der Waals surface area contributed by atoms with Crippen molar-refractivity contribution in [3.63, 3.8) is 0 Å². The van der Waals surface area contributed by atoms with E-state index in [9.17, 15) is 0 Å². The first-order valence-electron chi connectivity index (χ1n) is 6.15. The van der Waals surface area contributed by atoms with Gasteiger partial charge in [-0.3, -0.25) is 0 Å². The maximum atomic E-state index is 6.16. The molecule has 0 aromatic carbocycles. The molecule has 1 saturated carbocycles. The fourth-order valence-electron chi connectivity index (χ4n) is 2.42. The molecule has 0 bridgehead atoms. The Hall–Kier alpha value is -1.36. The number of hydrogen-bond acceptors (Lipinski definition) is 4. The Kier molecular flexibility index (Phi) is 2.66. The van der Waals surface area contributed by atoms with Gasteiger partial charge in [0.1, 0.15) is 17.3 Å². The molecule has 18 heavy (non-hydrogen) atoms. The molecular formula is C12H16ClN5. The van der Waals surface area contributed by atoms with Gasteiger partial charge in [-0.1, -0.05) is 18.5 Å². The van der Waals surface area contributed by atoms with Gasteiger partial charge in [0.2, 0.25) is 0 Å². The van der Waals surface area contributed by atoms with Crippen LogP contribution in [0.25, 0.3) is 5.78 Å². The zero-order valence-corrected chi connectivity index (χ0v) is 11.5. The number of rotatable bonds is 3. The highest BCUT2D eigenvalue weighted by Gasteiger charge is 2.34. The summed E-state index contributed by atoms with van der Waals surface area (Å²) in [6.45, 7) is 5.28. The third kappa shape index (κ3) is 1.82. The molecule has 0 radical (unpaired) electrons. The second-order valence-corrected chi connectivity index (χ2v) is 5.53.